The smallest absolute Gasteiger partial charge is 0.327 e. The zero-order valence-corrected chi connectivity index (χ0v) is 10.4. The third-order valence-electron chi connectivity index (χ3n) is 2.85. The number of hydrogen-bond donors (Lipinski definition) is 2. The van der Waals surface area contributed by atoms with Gasteiger partial charge in [-0.3, -0.25) is 23.5 Å². The molecule has 0 unspecified atom stereocenters. The molecule has 8 nitrogen and oxygen atoms in total. The van der Waals surface area contributed by atoms with Crippen molar-refractivity contribution in [2.75, 3.05) is 5.32 Å². The number of rotatable bonds is 3. The molecular weight excluding hydrogens is 252 g/mol. The van der Waals surface area contributed by atoms with Gasteiger partial charge in [-0.25, -0.2) is 4.79 Å². The van der Waals surface area contributed by atoms with E-state index in [0.29, 0.717) is 6.41 Å². The Hall–Kier alpha value is -2.64. The van der Waals surface area contributed by atoms with E-state index in [2.05, 4.69) is 10.3 Å². The number of aryl methyl sites for hydroxylation is 1. The summed E-state index contributed by atoms with van der Waals surface area (Å²) in [6.45, 7) is 1.99. The van der Waals surface area contributed by atoms with E-state index in [1.54, 1.807) is 6.92 Å². The van der Waals surface area contributed by atoms with Crippen LogP contribution >= 0.6 is 0 Å². The molecule has 0 aromatic carbocycles. The Balaban J connectivity index is 3.07. The van der Waals surface area contributed by atoms with E-state index in [4.69, 9.17) is 0 Å². The lowest BCUT2D eigenvalue weighted by molar-refractivity contribution is -0.105. The molecule has 2 N–H and O–H groups in total. The second-order valence-electron chi connectivity index (χ2n) is 3.92. The van der Waals surface area contributed by atoms with Gasteiger partial charge in [0.15, 0.2) is 5.43 Å². The Labute approximate surface area is 106 Å². The second kappa shape index (κ2) is 4.56. The average Bonchev–Trinajstić information content (AvgIpc) is 2.36. The quantitative estimate of drug-likeness (QED) is 0.692. The van der Waals surface area contributed by atoms with Crippen LogP contribution < -0.4 is 22.0 Å². The summed E-state index contributed by atoms with van der Waals surface area (Å²) in [6, 6.07) is 1.10. The SMILES string of the molecule is CCn1c(=O)n(C)c(=O)c2c(=O)cc(NC=O)[nH]c21. The van der Waals surface area contributed by atoms with Crippen LogP contribution in [0.3, 0.4) is 0 Å². The zero-order chi connectivity index (χ0) is 14.2. The van der Waals surface area contributed by atoms with Crippen molar-refractivity contribution in [2.24, 2.45) is 7.05 Å². The summed E-state index contributed by atoms with van der Waals surface area (Å²) in [6.07, 6.45) is 0.395. The van der Waals surface area contributed by atoms with Crippen LogP contribution in [0.4, 0.5) is 5.82 Å². The first-order valence-electron chi connectivity index (χ1n) is 5.58. The van der Waals surface area contributed by atoms with Crippen LogP contribution in [-0.4, -0.2) is 20.5 Å². The lowest BCUT2D eigenvalue weighted by Crippen LogP contribution is -2.40. The van der Waals surface area contributed by atoms with Crippen molar-refractivity contribution in [3.63, 3.8) is 0 Å². The van der Waals surface area contributed by atoms with Gasteiger partial charge in [0.1, 0.15) is 16.9 Å². The molecule has 0 aliphatic carbocycles. The predicted octanol–water partition coefficient (Wildman–Crippen LogP) is -1.02. The standard InChI is InChI=1S/C11H12N4O4/c1-3-15-9-8(10(18)14(2)11(15)19)6(17)4-7(13-9)12-5-16/h4-5H,3H2,1-2H3,(H2,12,13,16,17). The van der Waals surface area contributed by atoms with E-state index >= 15 is 0 Å². The summed E-state index contributed by atoms with van der Waals surface area (Å²) in [4.78, 5) is 48.9. The fourth-order valence-corrected chi connectivity index (χ4v) is 1.92. The summed E-state index contributed by atoms with van der Waals surface area (Å²) in [5.74, 6) is 0.127. The van der Waals surface area contributed by atoms with Crippen molar-refractivity contribution in [2.45, 2.75) is 13.5 Å². The molecule has 2 heterocycles. The summed E-state index contributed by atoms with van der Waals surface area (Å²) in [5.41, 5.74) is -1.64. The van der Waals surface area contributed by atoms with Gasteiger partial charge in [0.2, 0.25) is 6.41 Å². The molecule has 8 heteroatoms. The third-order valence-corrected chi connectivity index (χ3v) is 2.85. The molecule has 0 radical (unpaired) electrons. The van der Waals surface area contributed by atoms with Crippen LogP contribution in [0.2, 0.25) is 0 Å². The zero-order valence-electron chi connectivity index (χ0n) is 10.4. The molecule has 0 saturated carbocycles. The van der Waals surface area contributed by atoms with Gasteiger partial charge in [0, 0.05) is 19.7 Å². The molecule has 2 rings (SSSR count). The Morgan fingerprint density at radius 3 is 2.63 bits per heavy atom. The van der Waals surface area contributed by atoms with Crippen LogP contribution in [0.1, 0.15) is 6.92 Å². The largest absolute Gasteiger partial charge is 0.332 e. The van der Waals surface area contributed by atoms with Crippen LogP contribution in [0.25, 0.3) is 11.0 Å². The predicted molar refractivity (Wildman–Crippen MR) is 69.4 cm³/mol. The van der Waals surface area contributed by atoms with Crippen LogP contribution in [0.15, 0.2) is 20.4 Å². The molecular formula is C11H12N4O4. The number of aromatic amines is 1. The van der Waals surface area contributed by atoms with Gasteiger partial charge >= 0.3 is 5.69 Å². The third kappa shape index (κ3) is 1.86. The molecule has 0 atom stereocenters. The molecule has 0 spiro atoms. The first kappa shape index (κ1) is 12.8. The highest BCUT2D eigenvalue weighted by Gasteiger charge is 2.14. The van der Waals surface area contributed by atoms with E-state index < -0.39 is 16.7 Å². The fourth-order valence-electron chi connectivity index (χ4n) is 1.92. The van der Waals surface area contributed by atoms with Crippen LogP contribution in [0.5, 0.6) is 0 Å². The second-order valence-corrected chi connectivity index (χ2v) is 3.92. The highest BCUT2D eigenvalue weighted by atomic mass is 16.2. The summed E-state index contributed by atoms with van der Waals surface area (Å²) in [7, 11) is 1.31. The van der Waals surface area contributed by atoms with E-state index in [9.17, 15) is 19.2 Å². The first-order valence-corrected chi connectivity index (χ1v) is 5.58. The molecule has 19 heavy (non-hydrogen) atoms. The summed E-state index contributed by atoms with van der Waals surface area (Å²) in [5, 5.41) is 2.17. The van der Waals surface area contributed by atoms with E-state index in [1.165, 1.54) is 11.6 Å². The number of H-pyrrole nitrogens is 1. The monoisotopic (exact) mass is 264 g/mol. The Morgan fingerprint density at radius 1 is 1.37 bits per heavy atom. The van der Waals surface area contributed by atoms with E-state index in [-0.39, 0.29) is 23.4 Å². The maximum Gasteiger partial charge on any atom is 0.332 e. The number of nitrogens with zero attached hydrogens (tertiary/aromatic N) is 2. The average molecular weight is 264 g/mol. The van der Waals surface area contributed by atoms with Crippen molar-refractivity contribution >= 4 is 23.3 Å². The maximum absolute atomic E-state index is 11.9. The number of pyridine rings is 1. The first-order chi connectivity index (χ1) is 9.01. The number of amides is 1. The van der Waals surface area contributed by atoms with Crippen LogP contribution in [0, 0.1) is 0 Å². The number of anilines is 1. The molecule has 100 valence electrons. The summed E-state index contributed by atoms with van der Waals surface area (Å²) >= 11 is 0. The fraction of sp³-hybridized carbons (Fsp3) is 0.273. The molecule has 0 fully saturated rings. The molecule has 0 bridgehead atoms. The number of carbonyl (C=O) groups excluding carboxylic acids is 1. The van der Waals surface area contributed by atoms with Crippen molar-refractivity contribution in [1.29, 1.82) is 0 Å². The number of aromatic nitrogens is 3. The molecule has 0 saturated heterocycles. The Kier molecular flexibility index (Phi) is 3.07. The maximum atomic E-state index is 11.9. The molecule has 2 aromatic heterocycles. The molecule has 0 aliphatic rings. The lowest BCUT2D eigenvalue weighted by atomic mass is 10.3. The van der Waals surface area contributed by atoms with Gasteiger partial charge in [0.25, 0.3) is 5.56 Å². The number of carbonyl (C=O) groups is 1. The number of hydrogen-bond acceptors (Lipinski definition) is 4. The number of fused-ring (bicyclic) bond motifs is 1. The number of nitrogens with one attached hydrogen (secondary N) is 2. The van der Waals surface area contributed by atoms with Crippen molar-refractivity contribution in [3.8, 4) is 0 Å². The molecule has 0 aliphatic heterocycles. The van der Waals surface area contributed by atoms with Crippen molar-refractivity contribution in [1.82, 2.24) is 14.1 Å². The highest BCUT2D eigenvalue weighted by molar-refractivity contribution is 5.78. The Bertz CT molecular complexity index is 827. The molecule has 1 amide bonds. The van der Waals surface area contributed by atoms with Crippen LogP contribution in [-0.2, 0) is 18.4 Å². The minimum Gasteiger partial charge on any atom is -0.327 e. The van der Waals surface area contributed by atoms with Crippen molar-refractivity contribution in [3.05, 3.63) is 37.1 Å². The topological polar surface area (TPSA) is 106 Å². The molecule has 2 aromatic rings. The Morgan fingerprint density at radius 2 is 2.05 bits per heavy atom. The van der Waals surface area contributed by atoms with Gasteiger partial charge in [-0.15, -0.1) is 0 Å². The van der Waals surface area contributed by atoms with Gasteiger partial charge in [0.05, 0.1) is 0 Å². The van der Waals surface area contributed by atoms with Crippen molar-refractivity contribution < 1.29 is 4.79 Å². The van der Waals surface area contributed by atoms with Gasteiger partial charge in [-0.1, -0.05) is 0 Å². The summed E-state index contributed by atoms with van der Waals surface area (Å²) < 4.78 is 2.14. The van der Waals surface area contributed by atoms with Gasteiger partial charge in [-0.05, 0) is 6.92 Å². The minimum absolute atomic E-state index is 0.104. The van der Waals surface area contributed by atoms with Gasteiger partial charge in [-0.2, -0.15) is 0 Å². The van der Waals surface area contributed by atoms with E-state index in [1.807, 2.05) is 0 Å². The van der Waals surface area contributed by atoms with E-state index in [0.717, 1.165) is 10.6 Å². The normalized spacial score (nSPS) is 10.6. The lowest BCUT2D eigenvalue weighted by Gasteiger charge is -2.10. The highest BCUT2D eigenvalue weighted by Crippen LogP contribution is 2.05. The minimum atomic E-state index is -0.663. The van der Waals surface area contributed by atoms with Gasteiger partial charge < -0.3 is 10.3 Å².